The van der Waals surface area contributed by atoms with Crippen molar-refractivity contribution < 1.29 is 38.1 Å². The average Bonchev–Trinajstić information content (AvgIpc) is 3.74. The Kier molecular flexibility index (Phi) is 33.8. The van der Waals surface area contributed by atoms with Crippen LogP contribution in [0, 0.1) is 0 Å². The molecule has 0 amide bonds. The van der Waals surface area contributed by atoms with Crippen LogP contribution in [0.25, 0.3) is 21.9 Å². The molecule has 0 saturated heterocycles. The Labute approximate surface area is 446 Å². The number of nitrogens with one attached hydrogen (secondary N) is 1. The number of ether oxygens (including phenoxy) is 4. The molecule has 0 spiro atoms. The minimum absolute atomic E-state index is 0.180. The average molecular weight is 1040 g/mol. The number of nitrogens with two attached hydrogens (primary N) is 1. The predicted molar refractivity (Wildman–Crippen MR) is 300 cm³/mol. The topological polar surface area (TPSA) is 180 Å². The lowest BCUT2D eigenvalue weighted by Crippen LogP contribution is -2.34. The van der Waals surface area contributed by atoms with Gasteiger partial charge in [-0.25, -0.2) is 9.97 Å². The Balaban J connectivity index is 1.58. The summed E-state index contributed by atoms with van der Waals surface area (Å²) >= 11 is 0. The van der Waals surface area contributed by atoms with Gasteiger partial charge in [0.2, 0.25) is 0 Å². The second-order valence-corrected chi connectivity index (χ2v) is 20.9. The van der Waals surface area contributed by atoms with Gasteiger partial charge in [0, 0.05) is 31.4 Å². The van der Waals surface area contributed by atoms with Crippen LogP contribution >= 0.6 is 0 Å². The number of imidazole rings is 1. The number of para-hydroxylation sites is 1. The molecule has 0 fully saturated rings. The highest BCUT2D eigenvalue weighted by Crippen LogP contribution is 2.31. The van der Waals surface area contributed by atoms with Crippen molar-refractivity contribution in [2.24, 2.45) is 0 Å². The lowest BCUT2D eigenvalue weighted by atomic mass is 10.1. The van der Waals surface area contributed by atoms with Gasteiger partial charge in [-0.15, -0.1) is 0 Å². The van der Waals surface area contributed by atoms with Crippen molar-refractivity contribution in [3.05, 3.63) is 30.1 Å². The molecule has 0 unspecified atom stereocenters. The van der Waals surface area contributed by atoms with Crippen LogP contribution in [0.4, 0.5) is 5.82 Å². The number of anilines is 1. The number of nitrogen functional groups attached to an aromatic ring is 1. The summed E-state index contributed by atoms with van der Waals surface area (Å²) in [6.07, 6.45) is 24.6. The normalized spacial score (nSPS) is 11.8. The van der Waals surface area contributed by atoms with Crippen LogP contribution in [-0.2, 0) is 51.2 Å². The molecule has 0 aliphatic rings. The van der Waals surface area contributed by atoms with Crippen molar-refractivity contribution in [3.63, 3.8) is 0 Å². The van der Waals surface area contributed by atoms with Crippen molar-refractivity contribution in [1.82, 2.24) is 29.7 Å². The number of nitrogens with zero attached hydrogens (tertiary/aromatic N) is 5. The highest BCUT2D eigenvalue weighted by atomic mass is 16.6. The summed E-state index contributed by atoms with van der Waals surface area (Å²) in [5.41, 5.74) is 7.90. The molecule has 0 bridgehead atoms. The third kappa shape index (κ3) is 27.4. The predicted octanol–water partition coefficient (Wildman–Crippen LogP) is 12.0. The lowest BCUT2D eigenvalue weighted by molar-refractivity contribution is -0.158. The zero-order chi connectivity index (χ0) is 53.7. The number of carbonyl (C=O) groups excluding carboxylic acids is 4. The maximum Gasteiger partial charge on any atom is 0.307 e. The van der Waals surface area contributed by atoms with Crippen LogP contribution in [0.5, 0.6) is 0 Å². The van der Waals surface area contributed by atoms with E-state index in [0.717, 1.165) is 113 Å². The van der Waals surface area contributed by atoms with E-state index in [1.165, 1.54) is 64.2 Å². The molecule has 0 atom stereocenters. The number of carbonyl (C=O) groups is 4. The van der Waals surface area contributed by atoms with Gasteiger partial charge in [-0.3, -0.25) is 19.2 Å². The fourth-order valence-corrected chi connectivity index (χ4v) is 9.36. The molecule has 420 valence electrons. The third-order valence-corrected chi connectivity index (χ3v) is 13.6. The van der Waals surface area contributed by atoms with Gasteiger partial charge in [0.25, 0.3) is 0 Å². The molecule has 3 N–H and O–H groups in total. The van der Waals surface area contributed by atoms with Crippen molar-refractivity contribution in [1.29, 1.82) is 0 Å². The summed E-state index contributed by atoms with van der Waals surface area (Å²) < 4.78 is 25.1. The smallest absolute Gasteiger partial charge is 0.307 e. The Hall–Kier alpha value is -4.34. The second kappa shape index (κ2) is 39.1. The Morgan fingerprint density at radius 3 is 1.53 bits per heavy atom. The van der Waals surface area contributed by atoms with Gasteiger partial charge in [0.1, 0.15) is 16.9 Å². The minimum atomic E-state index is -0.832. The Morgan fingerprint density at radius 2 is 1.01 bits per heavy atom. The van der Waals surface area contributed by atoms with Crippen molar-refractivity contribution in [2.45, 2.75) is 227 Å². The van der Waals surface area contributed by atoms with Crippen LogP contribution in [0.2, 0.25) is 0 Å². The van der Waals surface area contributed by atoms with Gasteiger partial charge in [-0.1, -0.05) is 149 Å². The van der Waals surface area contributed by atoms with Crippen LogP contribution in [0.15, 0.2) is 24.3 Å². The van der Waals surface area contributed by atoms with Gasteiger partial charge < -0.3 is 44.4 Å². The number of benzene rings is 1. The SMILES string of the molecule is CCCCCCCCOC(=O)CCN(CCCCCC(=O)OC(C)(C)Cn1c(CNCC)nc2c(N)nc3ccccc3c21)CCCN(CCC(=O)OCCCCCCCC)CCC(=O)OCCCCCCCC. The summed E-state index contributed by atoms with van der Waals surface area (Å²) in [6, 6.07) is 7.88. The number of hydrogen-bond acceptors (Lipinski definition) is 14. The van der Waals surface area contributed by atoms with Crippen molar-refractivity contribution >= 4 is 51.6 Å². The van der Waals surface area contributed by atoms with Crippen LogP contribution < -0.4 is 11.1 Å². The van der Waals surface area contributed by atoms with E-state index < -0.39 is 5.60 Å². The first-order chi connectivity index (χ1) is 35.9. The van der Waals surface area contributed by atoms with Crippen LogP contribution in [-0.4, -0.2) is 119 Å². The number of pyridine rings is 1. The number of aromatic nitrogens is 3. The maximum absolute atomic E-state index is 13.4. The summed E-state index contributed by atoms with van der Waals surface area (Å²) in [5, 5.41) is 4.33. The highest BCUT2D eigenvalue weighted by molar-refractivity contribution is 6.06. The molecular formula is C59H101N7O8. The minimum Gasteiger partial charge on any atom is -0.466 e. The number of fused-ring (bicyclic) bond motifs is 3. The van der Waals surface area contributed by atoms with Gasteiger partial charge >= 0.3 is 23.9 Å². The van der Waals surface area contributed by atoms with E-state index in [0.29, 0.717) is 89.7 Å². The molecule has 2 aromatic heterocycles. The molecule has 15 heteroatoms. The van der Waals surface area contributed by atoms with Crippen LogP contribution in [0.3, 0.4) is 0 Å². The maximum atomic E-state index is 13.4. The fraction of sp³-hybridized carbons (Fsp3) is 0.763. The summed E-state index contributed by atoms with van der Waals surface area (Å²) in [6.45, 7) is 19.3. The van der Waals surface area contributed by atoms with E-state index in [2.05, 4.69) is 45.4 Å². The largest absolute Gasteiger partial charge is 0.466 e. The number of hydrogen-bond donors (Lipinski definition) is 2. The molecule has 3 rings (SSSR count). The van der Waals surface area contributed by atoms with E-state index in [1.54, 1.807) is 0 Å². The molecule has 0 saturated carbocycles. The number of rotatable bonds is 46. The van der Waals surface area contributed by atoms with Crippen LogP contribution in [0.1, 0.15) is 214 Å². The number of esters is 4. The molecule has 2 heterocycles. The zero-order valence-electron chi connectivity index (χ0n) is 47.3. The Bertz CT molecular complexity index is 1970. The number of unbranched alkanes of at least 4 members (excludes halogenated alkanes) is 17. The molecule has 3 aromatic rings. The molecule has 1 aromatic carbocycles. The van der Waals surface area contributed by atoms with E-state index in [-0.39, 0.29) is 36.7 Å². The van der Waals surface area contributed by atoms with Crippen molar-refractivity contribution in [3.8, 4) is 0 Å². The standard InChI is InChI=1S/C59H101N7O8/c1-7-11-14-17-20-28-44-71-52(67)35-41-64(39-31-40-65(42-36-53(68)72-45-29-21-18-15-12-8-2)43-37-54(69)73-46-30-22-19-16-13-9-3)38-27-23-24-34-55(70)74-59(5,6)48-66-51(47-61-10-4)63-56-57(66)49-32-25-26-33-50(49)62-58(56)60/h25-26,32-33,61H,7-24,27-31,34-48H2,1-6H3,(H2,60,62). The molecule has 15 nitrogen and oxygen atoms in total. The van der Waals surface area contributed by atoms with E-state index >= 15 is 0 Å². The first-order valence-electron chi connectivity index (χ1n) is 29.3. The zero-order valence-corrected chi connectivity index (χ0v) is 47.3. The van der Waals surface area contributed by atoms with E-state index in [1.807, 2.05) is 45.0 Å². The third-order valence-electron chi connectivity index (χ3n) is 13.6. The molecule has 0 aliphatic heterocycles. The fourth-order valence-electron chi connectivity index (χ4n) is 9.36. The lowest BCUT2D eigenvalue weighted by Gasteiger charge is -2.27. The first kappa shape index (κ1) is 63.9. The van der Waals surface area contributed by atoms with Crippen molar-refractivity contribution in [2.75, 3.05) is 71.4 Å². The highest BCUT2D eigenvalue weighted by Gasteiger charge is 2.28. The molecule has 0 aliphatic carbocycles. The van der Waals surface area contributed by atoms with Gasteiger partial charge in [-0.05, 0) is 84.6 Å². The molecular weight excluding hydrogens is 935 g/mol. The Morgan fingerprint density at radius 1 is 0.554 bits per heavy atom. The monoisotopic (exact) mass is 1040 g/mol. The summed E-state index contributed by atoms with van der Waals surface area (Å²) in [7, 11) is 0. The second-order valence-electron chi connectivity index (χ2n) is 20.9. The molecule has 0 radical (unpaired) electrons. The van der Waals surface area contributed by atoms with Gasteiger partial charge in [-0.2, -0.15) is 0 Å². The summed E-state index contributed by atoms with van der Waals surface area (Å²) in [5.74, 6) is 0.328. The van der Waals surface area contributed by atoms with E-state index in [9.17, 15) is 19.2 Å². The van der Waals surface area contributed by atoms with E-state index in [4.69, 9.17) is 29.7 Å². The first-order valence-corrected chi connectivity index (χ1v) is 29.3. The quantitative estimate of drug-likeness (QED) is 0.0310. The molecule has 74 heavy (non-hydrogen) atoms. The van der Waals surface area contributed by atoms with Gasteiger partial charge in [0.15, 0.2) is 5.82 Å². The van der Waals surface area contributed by atoms with Gasteiger partial charge in [0.05, 0.1) is 63.2 Å². The summed E-state index contributed by atoms with van der Waals surface area (Å²) in [4.78, 5) is 66.0.